The Morgan fingerprint density at radius 2 is 2.37 bits per heavy atom. The van der Waals surface area contributed by atoms with E-state index in [1.165, 1.54) is 16.8 Å². The molecule has 1 aliphatic heterocycles. The van der Waals surface area contributed by atoms with Crippen molar-refractivity contribution in [2.45, 2.75) is 25.7 Å². The van der Waals surface area contributed by atoms with Crippen molar-refractivity contribution in [3.63, 3.8) is 0 Å². The van der Waals surface area contributed by atoms with Crippen LogP contribution >= 0.6 is 8.25 Å². The number of aromatic nitrogens is 2. The predicted molar refractivity (Wildman–Crippen MR) is 66.2 cm³/mol. The lowest BCUT2D eigenvalue weighted by Gasteiger charge is -2.17. The van der Waals surface area contributed by atoms with Crippen LogP contribution in [0.3, 0.4) is 0 Å². The SMILES string of the molecule is C[C@H]1C[C@@H](CO[PH](=O)O)O[C@H]1n1ccc(=O)[nH]c1=O. The van der Waals surface area contributed by atoms with E-state index in [0.29, 0.717) is 6.42 Å². The minimum atomic E-state index is -2.98. The van der Waals surface area contributed by atoms with Gasteiger partial charge >= 0.3 is 13.9 Å². The normalized spacial score (nSPS) is 28.4. The van der Waals surface area contributed by atoms with Gasteiger partial charge in [0.2, 0.25) is 0 Å². The van der Waals surface area contributed by atoms with Crippen LogP contribution in [-0.4, -0.2) is 27.2 Å². The number of aromatic amines is 1. The molecule has 1 fully saturated rings. The molecule has 1 aromatic rings. The molecular weight excluding hydrogens is 275 g/mol. The second kappa shape index (κ2) is 5.83. The molecule has 2 rings (SSSR count). The van der Waals surface area contributed by atoms with Gasteiger partial charge in [-0.25, -0.2) is 4.79 Å². The van der Waals surface area contributed by atoms with Crippen LogP contribution in [0.25, 0.3) is 0 Å². The number of nitrogens with zero attached hydrogens (tertiary/aromatic N) is 1. The van der Waals surface area contributed by atoms with Gasteiger partial charge in [0, 0.05) is 18.2 Å². The van der Waals surface area contributed by atoms with Gasteiger partial charge in [-0.3, -0.25) is 18.9 Å². The smallest absolute Gasteiger partial charge is 0.330 e. The van der Waals surface area contributed by atoms with Gasteiger partial charge in [-0.2, -0.15) is 0 Å². The zero-order valence-electron chi connectivity index (χ0n) is 10.2. The van der Waals surface area contributed by atoms with Crippen molar-refractivity contribution in [3.05, 3.63) is 33.1 Å². The molecule has 1 aliphatic rings. The molecule has 19 heavy (non-hydrogen) atoms. The third kappa shape index (κ3) is 3.42. The van der Waals surface area contributed by atoms with Gasteiger partial charge < -0.3 is 14.2 Å². The van der Waals surface area contributed by atoms with E-state index >= 15 is 0 Å². The number of rotatable bonds is 4. The van der Waals surface area contributed by atoms with Crippen molar-refractivity contribution >= 4 is 8.25 Å². The van der Waals surface area contributed by atoms with E-state index in [0.717, 1.165) is 0 Å². The molecule has 0 bridgehead atoms. The molecule has 106 valence electrons. The largest absolute Gasteiger partial charge is 0.352 e. The summed E-state index contributed by atoms with van der Waals surface area (Å²) in [5, 5.41) is 0. The fourth-order valence-electron chi connectivity index (χ4n) is 2.16. The van der Waals surface area contributed by atoms with Crippen molar-refractivity contribution in [1.82, 2.24) is 9.55 Å². The molecule has 2 heterocycles. The van der Waals surface area contributed by atoms with Crippen LogP contribution in [0.4, 0.5) is 0 Å². The first-order chi connectivity index (χ1) is 8.97. The highest BCUT2D eigenvalue weighted by atomic mass is 31.1. The predicted octanol–water partition coefficient (Wildman–Crippen LogP) is -0.141. The summed E-state index contributed by atoms with van der Waals surface area (Å²) in [7, 11) is -2.98. The van der Waals surface area contributed by atoms with Gasteiger partial charge in [0.25, 0.3) is 5.56 Å². The third-order valence-corrected chi connectivity index (χ3v) is 3.38. The second-order valence-corrected chi connectivity index (χ2v) is 5.28. The fraction of sp³-hybridized carbons (Fsp3) is 0.600. The summed E-state index contributed by atoms with van der Waals surface area (Å²) in [6.07, 6.45) is 1.12. The lowest BCUT2D eigenvalue weighted by atomic mass is 10.1. The summed E-state index contributed by atoms with van der Waals surface area (Å²) in [6.45, 7) is 1.90. The lowest BCUT2D eigenvalue weighted by molar-refractivity contribution is -0.0298. The van der Waals surface area contributed by atoms with Gasteiger partial charge in [0.1, 0.15) is 6.23 Å². The molecule has 1 saturated heterocycles. The molecule has 8 nitrogen and oxygen atoms in total. The van der Waals surface area contributed by atoms with Crippen LogP contribution in [0.2, 0.25) is 0 Å². The van der Waals surface area contributed by atoms with Crippen LogP contribution in [-0.2, 0) is 13.8 Å². The Bertz CT molecular complexity index is 582. The standard InChI is InChI=1S/C10H15N2O6P/c1-6-4-7(5-17-19(15)16)18-9(6)12-3-2-8(13)11-10(12)14/h2-3,6-7,9,19H,4-5H2,1H3,(H,15,16)(H,11,13,14)/t6-,7-,9+/m0/s1. The van der Waals surface area contributed by atoms with Gasteiger partial charge in [-0.05, 0) is 6.42 Å². The number of ether oxygens (including phenoxy) is 1. The van der Waals surface area contributed by atoms with Crippen molar-refractivity contribution in [1.29, 1.82) is 0 Å². The molecule has 0 aromatic carbocycles. The third-order valence-electron chi connectivity index (χ3n) is 2.97. The Balaban J connectivity index is 2.11. The summed E-state index contributed by atoms with van der Waals surface area (Å²) >= 11 is 0. The number of hydrogen-bond donors (Lipinski definition) is 2. The Kier molecular flexibility index (Phi) is 4.36. The van der Waals surface area contributed by atoms with Crippen LogP contribution in [0.15, 0.2) is 21.9 Å². The fourth-order valence-corrected chi connectivity index (χ4v) is 2.49. The molecule has 0 saturated carbocycles. The van der Waals surface area contributed by atoms with Crippen LogP contribution in [0, 0.1) is 5.92 Å². The molecule has 0 amide bonds. The van der Waals surface area contributed by atoms with Crippen molar-refractivity contribution in [2.24, 2.45) is 5.92 Å². The average molecular weight is 290 g/mol. The molecule has 4 atom stereocenters. The van der Waals surface area contributed by atoms with E-state index in [9.17, 15) is 14.2 Å². The van der Waals surface area contributed by atoms with E-state index in [-0.39, 0.29) is 18.6 Å². The Morgan fingerprint density at radius 1 is 1.63 bits per heavy atom. The van der Waals surface area contributed by atoms with Gasteiger partial charge in [0.05, 0.1) is 12.7 Å². The van der Waals surface area contributed by atoms with Crippen molar-refractivity contribution in [3.8, 4) is 0 Å². The summed E-state index contributed by atoms with van der Waals surface area (Å²) in [6, 6.07) is 1.24. The Morgan fingerprint density at radius 3 is 3.00 bits per heavy atom. The quantitative estimate of drug-likeness (QED) is 0.747. The highest BCUT2D eigenvalue weighted by molar-refractivity contribution is 7.32. The number of H-pyrrole nitrogens is 1. The van der Waals surface area contributed by atoms with Crippen molar-refractivity contribution < 1.29 is 18.7 Å². The van der Waals surface area contributed by atoms with Gasteiger partial charge in [0.15, 0.2) is 0 Å². The van der Waals surface area contributed by atoms with E-state index in [4.69, 9.17) is 9.63 Å². The molecule has 0 spiro atoms. The van der Waals surface area contributed by atoms with Crippen LogP contribution in [0.5, 0.6) is 0 Å². The first-order valence-electron chi connectivity index (χ1n) is 5.80. The van der Waals surface area contributed by atoms with E-state index < -0.39 is 25.7 Å². The summed E-state index contributed by atoms with van der Waals surface area (Å²) in [4.78, 5) is 33.4. The van der Waals surface area contributed by atoms with Gasteiger partial charge in [-0.1, -0.05) is 6.92 Å². The molecule has 1 unspecified atom stereocenters. The molecular formula is C10H15N2O6P. The minimum Gasteiger partial charge on any atom is -0.352 e. The maximum absolute atomic E-state index is 11.7. The Labute approximate surface area is 108 Å². The average Bonchev–Trinajstić information content (AvgIpc) is 2.68. The maximum atomic E-state index is 11.7. The number of nitrogens with one attached hydrogen (secondary N) is 1. The maximum Gasteiger partial charge on any atom is 0.330 e. The van der Waals surface area contributed by atoms with E-state index in [1.807, 2.05) is 6.92 Å². The highest BCUT2D eigenvalue weighted by Gasteiger charge is 2.34. The summed E-state index contributed by atoms with van der Waals surface area (Å²) in [5.41, 5.74) is -1.01. The first-order valence-corrected chi connectivity index (χ1v) is 7.06. The van der Waals surface area contributed by atoms with Crippen molar-refractivity contribution in [2.75, 3.05) is 6.61 Å². The number of hydrogen-bond acceptors (Lipinski definition) is 5. The monoisotopic (exact) mass is 290 g/mol. The molecule has 1 aromatic heterocycles. The molecule has 0 aliphatic carbocycles. The van der Waals surface area contributed by atoms with Crippen LogP contribution < -0.4 is 11.2 Å². The highest BCUT2D eigenvalue weighted by Crippen LogP contribution is 2.34. The van der Waals surface area contributed by atoms with Crippen LogP contribution in [0.1, 0.15) is 19.6 Å². The topological polar surface area (TPSA) is 111 Å². The zero-order valence-corrected chi connectivity index (χ0v) is 11.2. The summed E-state index contributed by atoms with van der Waals surface area (Å²) in [5.74, 6) is 0.0261. The van der Waals surface area contributed by atoms with Gasteiger partial charge in [-0.15, -0.1) is 0 Å². The second-order valence-electron chi connectivity index (χ2n) is 4.46. The Hall–Kier alpha value is -1.21. The lowest BCUT2D eigenvalue weighted by Crippen LogP contribution is -2.33. The van der Waals surface area contributed by atoms with E-state index in [1.54, 1.807) is 0 Å². The summed E-state index contributed by atoms with van der Waals surface area (Å²) < 4.78 is 22.0. The molecule has 2 N–H and O–H groups in total. The zero-order chi connectivity index (χ0) is 14.0. The molecule has 0 radical (unpaired) electrons. The van der Waals surface area contributed by atoms with E-state index in [2.05, 4.69) is 9.51 Å². The first kappa shape index (κ1) is 14.2. The molecule has 9 heteroatoms. The minimum absolute atomic E-state index is 0.00718.